The second-order valence-electron chi connectivity index (χ2n) is 4.89. The van der Waals surface area contributed by atoms with E-state index < -0.39 is 0 Å². The second-order valence-corrected chi connectivity index (χ2v) is 7.19. The highest BCUT2D eigenvalue weighted by Crippen LogP contribution is 2.31. The standard InChI is InChI=1S/C12H19N3S2/c1-15-4-5-16-8-11(15)12-14-7-10(17-12)6-13-9-2-3-9/h7,9,11,13H,2-6,8H2,1H3. The maximum atomic E-state index is 4.61. The van der Waals surface area contributed by atoms with Gasteiger partial charge >= 0.3 is 0 Å². The molecule has 1 atom stereocenters. The molecule has 3 rings (SSSR count). The first-order chi connectivity index (χ1) is 8.33. The van der Waals surface area contributed by atoms with Crippen LogP contribution in [0.3, 0.4) is 0 Å². The predicted octanol–water partition coefficient (Wildman–Crippen LogP) is 2.11. The van der Waals surface area contributed by atoms with Crippen LogP contribution in [-0.2, 0) is 6.54 Å². The van der Waals surface area contributed by atoms with Crippen LogP contribution in [0.5, 0.6) is 0 Å². The summed E-state index contributed by atoms with van der Waals surface area (Å²) >= 11 is 3.93. The van der Waals surface area contributed by atoms with Crippen molar-refractivity contribution in [1.82, 2.24) is 15.2 Å². The van der Waals surface area contributed by atoms with Crippen molar-refractivity contribution in [3.8, 4) is 0 Å². The van der Waals surface area contributed by atoms with Crippen molar-refractivity contribution in [2.45, 2.75) is 31.5 Å². The molecule has 1 aliphatic heterocycles. The summed E-state index contributed by atoms with van der Waals surface area (Å²) in [4.78, 5) is 8.44. The Bertz CT molecular complexity index is 376. The third-order valence-corrected chi connectivity index (χ3v) is 5.52. The summed E-state index contributed by atoms with van der Waals surface area (Å²) in [5, 5.41) is 4.85. The first-order valence-electron chi connectivity index (χ1n) is 6.29. The number of hydrogen-bond donors (Lipinski definition) is 1. The zero-order valence-electron chi connectivity index (χ0n) is 10.2. The summed E-state index contributed by atoms with van der Waals surface area (Å²) in [7, 11) is 2.22. The van der Waals surface area contributed by atoms with Crippen molar-refractivity contribution in [3.05, 3.63) is 16.1 Å². The minimum Gasteiger partial charge on any atom is -0.309 e. The maximum absolute atomic E-state index is 4.61. The van der Waals surface area contributed by atoms with Crippen LogP contribution in [0, 0.1) is 0 Å². The van der Waals surface area contributed by atoms with Gasteiger partial charge in [-0.2, -0.15) is 11.8 Å². The number of hydrogen-bond acceptors (Lipinski definition) is 5. The predicted molar refractivity (Wildman–Crippen MR) is 74.7 cm³/mol. The van der Waals surface area contributed by atoms with Gasteiger partial charge in [0.1, 0.15) is 5.01 Å². The molecule has 1 saturated heterocycles. The van der Waals surface area contributed by atoms with Crippen LogP contribution in [0.25, 0.3) is 0 Å². The van der Waals surface area contributed by atoms with Crippen molar-refractivity contribution < 1.29 is 0 Å². The molecule has 17 heavy (non-hydrogen) atoms. The van der Waals surface area contributed by atoms with E-state index in [2.05, 4.69) is 28.4 Å². The number of nitrogens with zero attached hydrogens (tertiary/aromatic N) is 2. The number of rotatable bonds is 4. The van der Waals surface area contributed by atoms with Crippen molar-refractivity contribution in [2.75, 3.05) is 25.1 Å². The lowest BCUT2D eigenvalue weighted by atomic mass is 10.3. The van der Waals surface area contributed by atoms with Gasteiger partial charge in [-0.25, -0.2) is 4.98 Å². The Morgan fingerprint density at radius 3 is 3.18 bits per heavy atom. The SMILES string of the molecule is CN1CCSCC1c1ncc(CNC2CC2)s1. The van der Waals surface area contributed by atoms with E-state index in [9.17, 15) is 0 Å². The maximum Gasteiger partial charge on any atom is 0.111 e. The molecule has 0 aromatic carbocycles. The second kappa shape index (κ2) is 5.26. The van der Waals surface area contributed by atoms with Crippen LogP contribution in [0.4, 0.5) is 0 Å². The molecular formula is C12H19N3S2. The molecule has 0 bridgehead atoms. The number of nitrogens with one attached hydrogen (secondary N) is 1. The lowest BCUT2D eigenvalue weighted by Gasteiger charge is -2.30. The van der Waals surface area contributed by atoms with E-state index in [1.807, 2.05) is 23.1 Å². The molecule has 3 nitrogen and oxygen atoms in total. The van der Waals surface area contributed by atoms with Gasteiger partial charge in [0.15, 0.2) is 0 Å². The third kappa shape index (κ3) is 3.02. The lowest BCUT2D eigenvalue weighted by Crippen LogP contribution is -2.32. The number of thioether (sulfide) groups is 1. The zero-order chi connectivity index (χ0) is 11.7. The molecule has 5 heteroatoms. The highest BCUT2D eigenvalue weighted by atomic mass is 32.2. The van der Waals surface area contributed by atoms with Crippen LogP contribution in [0.1, 0.15) is 28.8 Å². The molecule has 2 fully saturated rings. The fraction of sp³-hybridized carbons (Fsp3) is 0.750. The highest BCUT2D eigenvalue weighted by Gasteiger charge is 2.24. The first kappa shape index (κ1) is 12.0. The summed E-state index contributed by atoms with van der Waals surface area (Å²) in [6.45, 7) is 2.19. The Hall–Kier alpha value is -0.100. The molecule has 2 aliphatic rings. The van der Waals surface area contributed by atoms with Crippen molar-refractivity contribution in [1.29, 1.82) is 0 Å². The Morgan fingerprint density at radius 1 is 1.53 bits per heavy atom. The smallest absolute Gasteiger partial charge is 0.111 e. The summed E-state index contributed by atoms with van der Waals surface area (Å²) in [5.74, 6) is 2.45. The van der Waals surface area contributed by atoms with Gasteiger partial charge in [-0.1, -0.05) is 0 Å². The molecule has 0 spiro atoms. The van der Waals surface area contributed by atoms with Gasteiger partial charge in [0.2, 0.25) is 0 Å². The van der Waals surface area contributed by atoms with Gasteiger partial charge in [0.25, 0.3) is 0 Å². The lowest BCUT2D eigenvalue weighted by molar-refractivity contribution is 0.274. The van der Waals surface area contributed by atoms with Crippen LogP contribution < -0.4 is 5.32 Å². The van der Waals surface area contributed by atoms with Gasteiger partial charge in [-0.05, 0) is 19.9 Å². The van der Waals surface area contributed by atoms with E-state index in [-0.39, 0.29) is 0 Å². The van der Waals surface area contributed by atoms with Crippen LogP contribution >= 0.6 is 23.1 Å². The quantitative estimate of drug-likeness (QED) is 0.906. The largest absolute Gasteiger partial charge is 0.309 e. The summed E-state index contributed by atoms with van der Waals surface area (Å²) in [5.41, 5.74) is 0. The van der Waals surface area contributed by atoms with Crippen molar-refractivity contribution >= 4 is 23.1 Å². The zero-order valence-corrected chi connectivity index (χ0v) is 11.8. The van der Waals surface area contributed by atoms with Crippen molar-refractivity contribution in [2.24, 2.45) is 0 Å². The Balaban J connectivity index is 1.61. The van der Waals surface area contributed by atoms with E-state index in [4.69, 9.17) is 0 Å². The molecule has 94 valence electrons. The first-order valence-corrected chi connectivity index (χ1v) is 8.26. The number of aromatic nitrogens is 1. The van der Waals surface area contributed by atoms with Crippen LogP contribution in [0.2, 0.25) is 0 Å². The topological polar surface area (TPSA) is 28.2 Å². The molecule has 1 aromatic heterocycles. The highest BCUT2D eigenvalue weighted by molar-refractivity contribution is 7.99. The minimum absolute atomic E-state index is 0.536. The van der Waals surface area contributed by atoms with E-state index in [0.29, 0.717) is 6.04 Å². The summed E-state index contributed by atoms with van der Waals surface area (Å²) in [6.07, 6.45) is 4.77. The van der Waals surface area contributed by atoms with Crippen molar-refractivity contribution in [3.63, 3.8) is 0 Å². The molecule has 1 saturated carbocycles. The fourth-order valence-electron chi connectivity index (χ4n) is 2.04. The normalized spacial score (nSPS) is 26.3. The van der Waals surface area contributed by atoms with E-state index in [1.165, 1.54) is 40.8 Å². The third-order valence-electron chi connectivity index (χ3n) is 3.39. The van der Waals surface area contributed by atoms with E-state index >= 15 is 0 Å². The molecule has 0 amide bonds. The Morgan fingerprint density at radius 2 is 2.41 bits per heavy atom. The van der Waals surface area contributed by atoms with Gasteiger partial charge in [-0.15, -0.1) is 11.3 Å². The van der Waals surface area contributed by atoms with Gasteiger partial charge in [-0.3, -0.25) is 4.90 Å². The minimum atomic E-state index is 0.536. The molecule has 2 heterocycles. The van der Waals surface area contributed by atoms with Crippen LogP contribution in [0.15, 0.2) is 6.20 Å². The Kier molecular flexibility index (Phi) is 3.70. The average molecular weight is 269 g/mol. The molecular weight excluding hydrogens is 250 g/mol. The van der Waals surface area contributed by atoms with Gasteiger partial charge < -0.3 is 5.32 Å². The fourth-order valence-corrected chi connectivity index (χ4v) is 4.40. The van der Waals surface area contributed by atoms with Gasteiger partial charge in [0.05, 0.1) is 6.04 Å². The van der Waals surface area contributed by atoms with Gasteiger partial charge in [0, 0.05) is 41.7 Å². The molecule has 0 radical (unpaired) electrons. The average Bonchev–Trinajstić information content (AvgIpc) is 3.06. The summed E-state index contributed by atoms with van der Waals surface area (Å²) < 4.78 is 0. The van der Waals surface area contributed by atoms with Crippen LogP contribution in [-0.4, -0.2) is 41.0 Å². The molecule has 1 N–H and O–H groups in total. The Labute approximate surface area is 111 Å². The molecule has 1 unspecified atom stereocenters. The number of thiazole rings is 1. The monoisotopic (exact) mass is 269 g/mol. The van der Waals surface area contributed by atoms with E-state index in [1.54, 1.807) is 0 Å². The molecule has 1 aromatic rings. The molecule has 1 aliphatic carbocycles. The summed E-state index contributed by atoms with van der Waals surface area (Å²) in [6, 6.07) is 1.32. The van der Waals surface area contributed by atoms with E-state index in [0.717, 1.165) is 12.6 Å².